The molecule has 2 heterocycles. The minimum Gasteiger partial charge on any atom is -0.547 e. The van der Waals surface area contributed by atoms with Crippen LogP contribution in [0.2, 0.25) is 5.02 Å². The van der Waals surface area contributed by atoms with Crippen LogP contribution in [-0.2, 0) is 9.53 Å². The molecule has 0 amide bonds. The van der Waals surface area contributed by atoms with E-state index in [1.165, 1.54) is 6.20 Å². The van der Waals surface area contributed by atoms with Gasteiger partial charge in [-0.25, -0.2) is 0 Å². The van der Waals surface area contributed by atoms with Crippen LogP contribution in [0.25, 0.3) is 10.9 Å². The molecule has 1 saturated heterocycles. The van der Waals surface area contributed by atoms with Crippen molar-refractivity contribution < 1.29 is 80.7 Å². The Hall–Kier alpha value is -0.480. The second-order valence-electron chi connectivity index (χ2n) is 5.27. The van der Waals surface area contributed by atoms with Crippen molar-refractivity contribution in [3.8, 4) is 5.75 Å². The summed E-state index contributed by atoms with van der Waals surface area (Å²) in [7, 11) is 0. The van der Waals surface area contributed by atoms with Gasteiger partial charge in [-0.15, -0.1) is 0 Å². The second kappa shape index (κ2) is 11.6. The maximum atomic E-state index is 11.0. The molecule has 1 aliphatic rings. The summed E-state index contributed by atoms with van der Waals surface area (Å²) in [6, 6.07) is 3.46. The number of aliphatic hydroxyl groups excluding tert-OH is 3. The molecule has 11 nitrogen and oxygen atoms in total. The Kier molecular flexibility index (Phi) is 12.4. The number of ether oxygens (including phenoxy) is 2. The van der Waals surface area contributed by atoms with Crippen LogP contribution in [0.4, 0.5) is 0 Å². The van der Waals surface area contributed by atoms with Crippen LogP contribution in [0.15, 0.2) is 22.8 Å². The van der Waals surface area contributed by atoms with Crippen LogP contribution in [-0.4, -0.2) is 73.4 Å². The van der Waals surface area contributed by atoms with E-state index < -0.39 is 36.7 Å². The molecule has 5 atom stereocenters. The fraction of sp³-hybridized carbons (Fsp3) is 0.357. The third-order valence-corrected chi connectivity index (χ3v) is 5.03. The number of carboxylic acids is 1. The van der Waals surface area contributed by atoms with E-state index in [0.29, 0.717) is 20.4 Å². The number of hydrogen-bond donors (Lipinski definition) is 4. The summed E-state index contributed by atoms with van der Waals surface area (Å²) in [5, 5.41) is 41.2. The number of aromatic amines is 1. The average molecular weight is 499 g/mol. The SMILES string of the molecule is O.O.O.O=C([O-])C1OC(Oc2c[nH]c3ccc(Br)c(Cl)c23)C(O)C(O)C1O.[Na+]. The van der Waals surface area contributed by atoms with E-state index in [1.54, 1.807) is 12.1 Å². The van der Waals surface area contributed by atoms with Gasteiger partial charge < -0.3 is 56.1 Å². The third kappa shape index (κ3) is 5.36. The summed E-state index contributed by atoms with van der Waals surface area (Å²) in [6.07, 6.45) is -7.23. The number of nitrogens with one attached hydrogen (secondary N) is 1. The molecule has 0 aliphatic carbocycles. The summed E-state index contributed by atoms with van der Waals surface area (Å²) in [4.78, 5) is 13.9. The van der Waals surface area contributed by atoms with E-state index in [-0.39, 0.29) is 51.7 Å². The second-order valence-corrected chi connectivity index (χ2v) is 6.50. The van der Waals surface area contributed by atoms with E-state index >= 15 is 0 Å². The van der Waals surface area contributed by atoms with E-state index in [2.05, 4.69) is 20.9 Å². The summed E-state index contributed by atoms with van der Waals surface area (Å²) >= 11 is 9.49. The van der Waals surface area contributed by atoms with Gasteiger partial charge in [0.25, 0.3) is 0 Å². The molecule has 3 rings (SSSR count). The molecule has 28 heavy (non-hydrogen) atoms. The molecule has 1 aromatic carbocycles. The Bertz CT molecular complexity index is 793. The van der Waals surface area contributed by atoms with Gasteiger partial charge >= 0.3 is 29.6 Å². The van der Waals surface area contributed by atoms with Crippen LogP contribution in [0.1, 0.15) is 0 Å². The summed E-state index contributed by atoms with van der Waals surface area (Å²) in [6.45, 7) is 0. The molecule has 1 aliphatic heterocycles. The summed E-state index contributed by atoms with van der Waals surface area (Å²) < 4.78 is 11.1. The number of hydrogen-bond acceptors (Lipinski definition) is 7. The molecule has 2 aromatic rings. The molecule has 0 saturated carbocycles. The van der Waals surface area contributed by atoms with Gasteiger partial charge in [0.15, 0.2) is 0 Å². The first-order valence-corrected chi connectivity index (χ1v) is 8.00. The smallest absolute Gasteiger partial charge is 0.547 e. The van der Waals surface area contributed by atoms with Crippen molar-refractivity contribution in [2.45, 2.75) is 30.7 Å². The zero-order valence-corrected chi connectivity index (χ0v) is 18.7. The van der Waals surface area contributed by atoms with Crippen LogP contribution >= 0.6 is 27.5 Å². The largest absolute Gasteiger partial charge is 1.00 e. The predicted octanol–water partition coefficient (Wildman–Crippen LogP) is -5.95. The molecule has 0 bridgehead atoms. The van der Waals surface area contributed by atoms with Crippen molar-refractivity contribution in [1.82, 2.24) is 4.98 Å². The minimum atomic E-state index is -1.85. The van der Waals surface area contributed by atoms with Crippen molar-refractivity contribution in [2.75, 3.05) is 0 Å². The number of halogens is 2. The maximum absolute atomic E-state index is 11.0. The van der Waals surface area contributed by atoms with Gasteiger partial charge in [0, 0.05) is 10.7 Å². The normalized spacial score (nSPS) is 26.1. The first kappa shape index (κ1) is 29.7. The van der Waals surface area contributed by atoms with E-state index in [1.807, 2.05) is 0 Å². The van der Waals surface area contributed by atoms with Gasteiger partial charge in [-0.05, 0) is 28.1 Å². The molecule has 5 unspecified atom stereocenters. The van der Waals surface area contributed by atoms with E-state index in [4.69, 9.17) is 21.1 Å². The van der Waals surface area contributed by atoms with Crippen molar-refractivity contribution in [1.29, 1.82) is 0 Å². The van der Waals surface area contributed by atoms with Crippen LogP contribution < -0.4 is 39.4 Å². The third-order valence-electron chi connectivity index (χ3n) is 3.75. The molecule has 10 N–H and O–H groups in total. The Labute approximate surface area is 193 Å². The van der Waals surface area contributed by atoms with Crippen molar-refractivity contribution in [2.24, 2.45) is 0 Å². The zero-order chi connectivity index (χ0) is 17.6. The molecule has 0 radical (unpaired) electrons. The molecule has 1 aromatic heterocycles. The number of benzene rings is 1. The molecule has 1 fully saturated rings. The van der Waals surface area contributed by atoms with Crippen molar-refractivity contribution in [3.63, 3.8) is 0 Å². The monoisotopic (exact) mass is 497 g/mol. The van der Waals surface area contributed by atoms with Gasteiger partial charge in [-0.3, -0.25) is 0 Å². The van der Waals surface area contributed by atoms with E-state index in [0.717, 1.165) is 0 Å². The Morgan fingerprint density at radius 1 is 1.18 bits per heavy atom. The summed E-state index contributed by atoms with van der Waals surface area (Å²) in [5.41, 5.74) is 0.639. The van der Waals surface area contributed by atoms with Gasteiger partial charge in [-0.2, -0.15) is 0 Å². The standard InChI is InChI=1S/C14H13BrClNO7.Na.3H2O/c15-4-1-2-5-7(8(4)16)6(3-17-5)23-14-11(20)9(18)10(19)12(24-14)13(21)22;;;;/h1-3,9-12,14,17-20H,(H,21,22);;3*1H2/q;+1;;;/p-1. The van der Waals surface area contributed by atoms with Crippen LogP contribution in [0.3, 0.4) is 0 Å². The number of aliphatic carboxylic acids is 1. The number of carbonyl (C=O) groups excluding carboxylic acids is 1. The van der Waals surface area contributed by atoms with Gasteiger partial charge in [0.05, 0.1) is 21.9 Å². The molecule has 0 spiro atoms. The molecular weight excluding hydrogens is 480 g/mol. The predicted molar refractivity (Wildman–Crippen MR) is 94.2 cm³/mol. The Morgan fingerprint density at radius 2 is 1.79 bits per heavy atom. The van der Waals surface area contributed by atoms with Gasteiger partial charge in [0.1, 0.15) is 30.2 Å². The number of H-pyrrole nitrogens is 1. The maximum Gasteiger partial charge on any atom is 1.00 e. The minimum absolute atomic E-state index is 0. The number of carboxylic acid groups (broad SMARTS) is 1. The topological polar surface area (TPSA) is 230 Å². The fourth-order valence-electron chi connectivity index (χ4n) is 2.49. The first-order chi connectivity index (χ1) is 11.3. The number of fused-ring (bicyclic) bond motifs is 1. The molecular formula is C14H18BrClNNaO10. The number of aliphatic hydroxyl groups is 3. The van der Waals surface area contributed by atoms with Gasteiger partial charge in [-0.1, -0.05) is 11.6 Å². The molecule has 154 valence electrons. The number of aromatic nitrogens is 1. The van der Waals surface area contributed by atoms with Gasteiger partial charge in [0.2, 0.25) is 6.29 Å². The fourth-order valence-corrected chi connectivity index (χ4v) is 3.07. The Balaban J connectivity index is 0. The van der Waals surface area contributed by atoms with E-state index in [9.17, 15) is 25.2 Å². The van der Waals surface area contributed by atoms with Crippen LogP contribution in [0.5, 0.6) is 5.75 Å². The quantitative estimate of drug-likeness (QED) is 0.299. The van der Waals surface area contributed by atoms with Crippen molar-refractivity contribution in [3.05, 3.63) is 27.8 Å². The number of carbonyl (C=O) groups is 1. The Morgan fingerprint density at radius 3 is 2.36 bits per heavy atom. The average Bonchev–Trinajstić information content (AvgIpc) is 2.94. The van der Waals surface area contributed by atoms with Crippen molar-refractivity contribution >= 4 is 44.4 Å². The zero-order valence-electron chi connectivity index (χ0n) is 14.3. The summed E-state index contributed by atoms with van der Waals surface area (Å²) in [5.74, 6) is -1.55. The molecule has 14 heteroatoms. The number of rotatable bonds is 3. The first-order valence-electron chi connectivity index (χ1n) is 6.83. The van der Waals surface area contributed by atoms with Crippen LogP contribution in [0, 0.1) is 0 Å².